The number of hydrogen-bond acceptors (Lipinski definition) is 10. The van der Waals surface area contributed by atoms with Gasteiger partial charge in [-0.25, -0.2) is 0 Å². The molecular weight excluding hydrogens is 817 g/mol. The molecule has 14 nitrogen and oxygen atoms in total. The highest BCUT2D eigenvalue weighted by Crippen LogP contribution is 2.39. The number of benzene rings is 2. The molecule has 14 heteroatoms. The van der Waals surface area contributed by atoms with E-state index in [-0.39, 0.29) is 80.1 Å². The maximum absolute atomic E-state index is 14.3. The third-order valence-corrected chi connectivity index (χ3v) is 12.5. The SMILES string of the molecule is CCCCCCCCCCCCCCCC(=O)N(C)[C@H](CO)C(=O)N[C@H](C)C(=O)CCC(=O)N(C)[C@@H]1C(=O)C[C@@H](CCCO)C(=O)N[C@H](C)Cc2ccc(O)c(c2)-c2cc1ccc2O. The number of likely N-dealkylation sites (N-methyl/N-ethyl adjacent to an activating group) is 2. The summed E-state index contributed by atoms with van der Waals surface area (Å²) in [6, 6.07) is 5.42. The molecule has 4 amide bonds. The van der Waals surface area contributed by atoms with E-state index < -0.39 is 54.0 Å². The van der Waals surface area contributed by atoms with Gasteiger partial charge in [-0.05, 0) is 74.9 Å². The van der Waals surface area contributed by atoms with Gasteiger partial charge in [0.05, 0.1) is 12.6 Å². The molecule has 2 aromatic rings. The molecule has 3 rings (SSSR count). The molecule has 1 aliphatic heterocycles. The van der Waals surface area contributed by atoms with Crippen molar-refractivity contribution in [3.05, 3.63) is 47.5 Å². The minimum Gasteiger partial charge on any atom is -0.507 e. The van der Waals surface area contributed by atoms with Crippen LogP contribution in [0.25, 0.3) is 11.1 Å². The lowest BCUT2D eigenvalue weighted by atomic mass is 9.88. The molecule has 0 saturated heterocycles. The van der Waals surface area contributed by atoms with Crippen molar-refractivity contribution in [3.8, 4) is 22.6 Å². The van der Waals surface area contributed by atoms with Crippen LogP contribution in [0.3, 0.4) is 0 Å². The summed E-state index contributed by atoms with van der Waals surface area (Å²) >= 11 is 0. The quantitative estimate of drug-likeness (QED) is 0.0542. The summed E-state index contributed by atoms with van der Waals surface area (Å²) in [6.07, 6.45) is 15.5. The molecule has 0 aromatic heterocycles. The van der Waals surface area contributed by atoms with Crippen molar-refractivity contribution >= 4 is 35.2 Å². The number of fused-ring (bicyclic) bond motifs is 5. The Bertz CT molecular complexity index is 1840. The minimum atomic E-state index is -1.26. The van der Waals surface area contributed by atoms with E-state index >= 15 is 0 Å². The van der Waals surface area contributed by atoms with Gasteiger partial charge < -0.3 is 40.9 Å². The summed E-state index contributed by atoms with van der Waals surface area (Å²) in [4.78, 5) is 83.6. The number of phenols is 2. The first kappa shape index (κ1) is 53.5. The molecule has 1 heterocycles. The number of carbonyl (C=O) groups excluding carboxylic acids is 6. The number of nitrogens with zero attached hydrogens (tertiary/aromatic N) is 2. The van der Waals surface area contributed by atoms with Gasteiger partial charge in [-0.15, -0.1) is 0 Å². The van der Waals surface area contributed by atoms with Crippen LogP contribution in [-0.4, -0.2) is 111 Å². The standard InChI is InChI=1S/C50H76N4O10/c1-6-7-8-9-10-11-12-13-14-15-16-17-18-21-46(61)53(4)41(33-56)50(64)52-35(3)42(57)26-27-47(62)54(5)48-37-23-25-44(59)40(31-37)39-30-36(22-24-43(39)58)29-34(2)51-49(63)38(20-19-28-55)32-45(48)60/h22-25,30-31,34-35,38,41,48,55-56,58-59H,6-21,26-29,32-33H2,1-5H3,(H,51,63)(H,52,64)/t34-,35-,38-,41-,48+/m1/s1. The van der Waals surface area contributed by atoms with Crippen LogP contribution in [0.4, 0.5) is 0 Å². The van der Waals surface area contributed by atoms with Crippen molar-refractivity contribution in [1.82, 2.24) is 20.4 Å². The Morgan fingerprint density at radius 1 is 0.750 bits per heavy atom. The van der Waals surface area contributed by atoms with E-state index in [1.54, 1.807) is 12.1 Å². The van der Waals surface area contributed by atoms with E-state index in [0.29, 0.717) is 24.0 Å². The number of aromatic hydroxyl groups is 2. The van der Waals surface area contributed by atoms with Crippen LogP contribution >= 0.6 is 0 Å². The zero-order chi connectivity index (χ0) is 47.2. The number of unbranched alkanes of at least 4 members (excludes halogenated alkanes) is 12. The van der Waals surface area contributed by atoms with Crippen LogP contribution in [0.2, 0.25) is 0 Å². The Morgan fingerprint density at radius 2 is 1.33 bits per heavy atom. The van der Waals surface area contributed by atoms with Gasteiger partial charge in [0.1, 0.15) is 23.6 Å². The van der Waals surface area contributed by atoms with Gasteiger partial charge in [0.2, 0.25) is 23.6 Å². The molecule has 2 aromatic carbocycles. The summed E-state index contributed by atoms with van der Waals surface area (Å²) < 4.78 is 0. The molecule has 356 valence electrons. The second kappa shape index (κ2) is 28.2. The highest BCUT2D eigenvalue weighted by molar-refractivity contribution is 5.96. The highest BCUT2D eigenvalue weighted by Gasteiger charge is 2.34. The van der Waals surface area contributed by atoms with Crippen LogP contribution in [0.1, 0.15) is 160 Å². The second-order valence-corrected chi connectivity index (χ2v) is 17.8. The van der Waals surface area contributed by atoms with E-state index in [1.165, 1.54) is 113 Å². The fraction of sp³-hybridized carbons (Fsp3) is 0.640. The van der Waals surface area contributed by atoms with Crippen LogP contribution in [0.15, 0.2) is 36.4 Å². The van der Waals surface area contributed by atoms with E-state index in [0.717, 1.165) is 24.8 Å². The molecule has 0 saturated carbocycles. The van der Waals surface area contributed by atoms with Crippen LogP contribution in [0, 0.1) is 5.92 Å². The summed E-state index contributed by atoms with van der Waals surface area (Å²) in [5.74, 6) is -4.01. The molecule has 0 radical (unpaired) electrons. The third kappa shape index (κ3) is 17.0. The largest absolute Gasteiger partial charge is 0.507 e. The lowest BCUT2D eigenvalue weighted by molar-refractivity contribution is -0.142. The van der Waals surface area contributed by atoms with Gasteiger partial charge in [-0.3, -0.25) is 28.8 Å². The Hall–Kier alpha value is -4.82. The Kier molecular flexibility index (Phi) is 23.6. The third-order valence-electron chi connectivity index (χ3n) is 12.5. The van der Waals surface area contributed by atoms with Crippen LogP contribution < -0.4 is 10.6 Å². The van der Waals surface area contributed by atoms with Crippen LogP contribution in [-0.2, 0) is 35.2 Å². The zero-order valence-electron chi connectivity index (χ0n) is 39.0. The Morgan fingerprint density at radius 3 is 1.92 bits per heavy atom. The summed E-state index contributed by atoms with van der Waals surface area (Å²) in [5.41, 5.74) is 1.61. The van der Waals surface area contributed by atoms with Gasteiger partial charge in [0, 0.05) is 69.5 Å². The number of nitrogens with one attached hydrogen (secondary N) is 2. The monoisotopic (exact) mass is 893 g/mol. The molecule has 64 heavy (non-hydrogen) atoms. The number of hydrogen-bond donors (Lipinski definition) is 6. The van der Waals surface area contributed by atoms with E-state index in [2.05, 4.69) is 17.6 Å². The minimum absolute atomic E-state index is 0.121. The number of aliphatic hydroxyl groups is 2. The lowest BCUT2D eigenvalue weighted by Crippen LogP contribution is -2.53. The van der Waals surface area contributed by atoms with Crippen molar-refractivity contribution in [3.63, 3.8) is 0 Å². The normalized spacial score (nSPS) is 17.5. The van der Waals surface area contributed by atoms with Crippen molar-refractivity contribution < 1.29 is 49.2 Å². The van der Waals surface area contributed by atoms with Gasteiger partial charge >= 0.3 is 0 Å². The van der Waals surface area contributed by atoms with E-state index in [1.807, 2.05) is 6.92 Å². The first-order chi connectivity index (χ1) is 30.6. The number of phenolic OH excluding ortho intramolecular Hbond substituents is 2. The summed E-state index contributed by atoms with van der Waals surface area (Å²) in [5, 5.41) is 47.0. The molecule has 0 fully saturated rings. The number of carbonyl (C=O) groups is 6. The fourth-order valence-corrected chi connectivity index (χ4v) is 8.46. The van der Waals surface area contributed by atoms with Gasteiger partial charge in [0.25, 0.3) is 0 Å². The Balaban J connectivity index is 1.62. The van der Waals surface area contributed by atoms with Gasteiger partial charge in [-0.1, -0.05) is 96.1 Å². The molecule has 0 unspecified atom stereocenters. The average molecular weight is 893 g/mol. The maximum atomic E-state index is 14.3. The molecule has 0 aliphatic carbocycles. The van der Waals surface area contributed by atoms with Crippen molar-refractivity contribution in [1.29, 1.82) is 0 Å². The number of aliphatic hydroxyl groups excluding tert-OH is 2. The molecule has 6 N–H and O–H groups in total. The van der Waals surface area contributed by atoms with Crippen molar-refractivity contribution in [2.75, 3.05) is 27.3 Å². The topological polar surface area (TPSA) is 214 Å². The smallest absolute Gasteiger partial charge is 0.245 e. The van der Waals surface area contributed by atoms with E-state index in [9.17, 15) is 49.2 Å². The van der Waals surface area contributed by atoms with Crippen molar-refractivity contribution in [2.45, 2.75) is 173 Å². The summed E-state index contributed by atoms with van der Waals surface area (Å²) in [7, 11) is 2.87. The molecular formula is C50H76N4O10. The molecule has 4 bridgehead atoms. The number of ketones is 2. The van der Waals surface area contributed by atoms with Crippen LogP contribution in [0.5, 0.6) is 11.5 Å². The average Bonchev–Trinajstić information content (AvgIpc) is 3.26. The number of amides is 4. The zero-order valence-corrected chi connectivity index (χ0v) is 39.0. The molecule has 0 spiro atoms. The van der Waals surface area contributed by atoms with Gasteiger partial charge in [-0.2, -0.15) is 0 Å². The Labute approximate surface area is 380 Å². The predicted octanol–water partition coefficient (Wildman–Crippen LogP) is 6.83. The van der Waals surface area contributed by atoms with E-state index in [4.69, 9.17) is 0 Å². The molecule has 5 atom stereocenters. The van der Waals surface area contributed by atoms with Crippen molar-refractivity contribution in [2.24, 2.45) is 5.92 Å². The van der Waals surface area contributed by atoms with Gasteiger partial charge in [0.15, 0.2) is 11.6 Å². The number of rotatable bonds is 26. The lowest BCUT2D eigenvalue weighted by Gasteiger charge is -2.30. The highest BCUT2D eigenvalue weighted by atomic mass is 16.3. The first-order valence-electron chi connectivity index (χ1n) is 23.7. The molecule has 1 aliphatic rings. The predicted molar refractivity (Wildman–Crippen MR) is 247 cm³/mol. The fourth-order valence-electron chi connectivity index (χ4n) is 8.46. The summed E-state index contributed by atoms with van der Waals surface area (Å²) in [6.45, 7) is 4.67. The first-order valence-corrected chi connectivity index (χ1v) is 23.7. The number of Topliss-reactive ketones (excluding diaryl/α,β-unsaturated/α-hetero) is 2. The maximum Gasteiger partial charge on any atom is 0.245 e. The second-order valence-electron chi connectivity index (χ2n) is 17.8.